The fraction of sp³-hybridized carbons (Fsp3) is 0.286. The number of fused-ring (bicyclic) bond motifs is 1. The van der Waals surface area contributed by atoms with Crippen LogP contribution in [0, 0.1) is 23.4 Å². The average molecular weight is 297 g/mol. The van der Waals surface area contributed by atoms with Gasteiger partial charge in [0.25, 0.3) is 0 Å². The summed E-state index contributed by atoms with van der Waals surface area (Å²) in [5.74, 6) is -6.01. The lowest BCUT2D eigenvalue weighted by atomic mass is 10.1. The van der Waals surface area contributed by atoms with Crippen molar-refractivity contribution in [1.29, 1.82) is 0 Å². The quantitative estimate of drug-likeness (QED) is 0.867. The van der Waals surface area contributed by atoms with Crippen LogP contribution in [0.1, 0.15) is 29.7 Å². The summed E-state index contributed by atoms with van der Waals surface area (Å²) in [6.07, 6.45) is 1.65. The Balaban J connectivity index is 2.49. The van der Waals surface area contributed by atoms with E-state index in [1.54, 1.807) is 0 Å². The maximum Gasteiger partial charge on any atom is 0.341 e. The first kappa shape index (κ1) is 13.7. The molecular weight excluding hydrogens is 287 g/mol. The van der Waals surface area contributed by atoms with Crippen molar-refractivity contribution in [1.82, 2.24) is 4.57 Å². The molecule has 2 aromatic rings. The van der Waals surface area contributed by atoms with Gasteiger partial charge in [-0.3, -0.25) is 4.79 Å². The number of hydrogen-bond donors (Lipinski definition) is 1. The summed E-state index contributed by atoms with van der Waals surface area (Å²) < 4.78 is 42.0. The number of aromatic carboxylic acids is 1. The number of rotatable bonds is 2. The molecule has 21 heavy (non-hydrogen) atoms. The van der Waals surface area contributed by atoms with E-state index in [1.165, 1.54) is 4.57 Å². The van der Waals surface area contributed by atoms with Crippen molar-refractivity contribution < 1.29 is 23.1 Å². The monoisotopic (exact) mass is 297 g/mol. The van der Waals surface area contributed by atoms with Gasteiger partial charge >= 0.3 is 5.97 Å². The zero-order chi connectivity index (χ0) is 15.5. The molecule has 0 aliphatic heterocycles. The summed E-state index contributed by atoms with van der Waals surface area (Å²) in [6, 6.07) is 0.317. The lowest BCUT2D eigenvalue weighted by molar-refractivity contribution is 0.0694. The topological polar surface area (TPSA) is 59.3 Å². The summed E-state index contributed by atoms with van der Waals surface area (Å²) in [5, 5.41) is 8.57. The predicted molar refractivity (Wildman–Crippen MR) is 67.9 cm³/mol. The number of nitrogens with zero attached hydrogens (tertiary/aromatic N) is 1. The maximum atomic E-state index is 14.0. The molecule has 1 aromatic heterocycles. The zero-order valence-electron chi connectivity index (χ0n) is 10.9. The number of benzene rings is 1. The Morgan fingerprint density at radius 1 is 1.33 bits per heavy atom. The third kappa shape index (κ3) is 1.91. The summed E-state index contributed by atoms with van der Waals surface area (Å²) in [6.45, 7) is 1.85. The highest BCUT2D eigenvalue weighted by molar-refractivity contribution is 5.92. The van der Waals surface area contributed by atoms with E-state index in [2.05, 4.69) is 0 Å². The Morgan fingerprint density at radius 3 is 2.48 bits per heavy atom. The summed E-state index contributed by atoms with van der Waals surface area (Å²) >= 11 is 0. The van der Waals surface area contributed by atoms with Crippen LogP contribution >= 0.6 is 0 Å². The van der Waals surface area contributed by atoms with Crippen LogP contribution in [0.15, 0.2) is 17.1 Å². The molecular formula is C14H10F3NO3. The molecule has 0 bridgehead atoms. The van der Waals surface area contributed by atoms with Crippen LogP contribution in [0.2, 0.25) is 0 Å². The van der Waals surface area contributed by atoms with Crippen molar-refractivity contribution in [2.24, 2.45) is 5.92 Å². The molecule has 0 radical (unpaired) electrons. The van der Waals surface area contributed by atoms with E-state index in [9.17, 15) is 22.8 Å². The van der Waals surface area contributed by atoms with Gasteiger partial charge in [-0.15, -0.1) is 0 Å². The minimum Gasteiger partial charge on any atom is -0.477 e. The van der Waals surface area contributed by atoms with Crippen molar-refractivity contribution in [2.75, 3.05) is 0 Å². The standard InChI is InChI=1S/C14H10F3NO3/c1-5-2-9(5)18-4-7(14(20)21)13(19)6-3-8(15)10(16)11(17)12(6)18/h3-5,9H,2H2,1H3,(H,20,21). The van der Waals surface area contributed by atoms with Crippen LogP contribution in [0.4, 0.5) is 13.2 Å². The van der Waals surface area contributed by atoms with Crippen LogP contribution in [-0.2, 0) is 0 Å². The minimum absolute atomic E-state index is 0.143. The number of carboxylic acids is 1. The van der Waals surface area contributed by atoms with Gasteiger partial charge < -0.3 is 9.67 Å². The molecule has 1 heterocycles. The molecule has 0 amide bonds. The molecule has 7 heteroatoms. The van der Waals surface area contributed by atoms with E-state index >= 15 is 0 Å². The van der Waals surface area contributed by atoms with Crippen molar-refractivity contribution in [3.8, 4) is 0 Å². The van der Waals surface area contributed by atoms with Crippen LogP contribution in [0.3, 0.4) is 0 Å². The van der Waals surface area contributed by atoms with Gasteiger partial charge in [-0.05, 0) is 18.4 Å². The first-order valence-electron chi connectivity index (χ1n) is 6.28. The Labute approximate surface area is 116 Å². The van der Waals surface area contributed by atoms with E-state index in [-0.39, 0.29) is 12.0 Å². The average Bonchev–Trinajstić information content (AvgIpc) is 3.14. The van der Waals surface area contributed by atoms with Crippen molar-refractivity contribution >= 4 is 16.9 Å². The molecule has 1 N–H and O–H groups in total. The number of carboxylic acid groups (broad SMARTS) is 1. The number of aromatic nitrogens is 1. The Hall–Kier alpha value is -2.31. The van der Waals surface area contributed by atoms with E-state index in [0.717, 1.165) is 6.20 Å². The van der Waals surface area contributed by atoms with Crippen molar-refractivity contribution in [3.63, 3.8) is 0 Å². The number of pyridine rings is 1. The van der Waals surface area contributed by atoms with Crippen LogP contribution in [0.5, 0.6) is 0 Å². The second-order valence-electron chi connectivity index (χ2n) is 5.25. The van der Waals surface area contributed by atoms with Gasteiger partial charge in [0.05, 0.1) is 10.9 Å². The van der Waals surface area contributed by atoms with Crippen molar-refractivity contribution in [2.45, 2.75) is 19.4 Å². The van der Waals surface area contributed by atoms with E-state index in [1.807, 2.05) is 6.92 Å². The van der Waals surface area contributed by atoms with Gasteiger partial charge in [0.15, 0.2) is 17.5 Å². The lowest BCUT2D eigenvalue weighted by Gasteiger charge is -2.13. The number of hydrogen-bond acceptors (Lipinski definition) is 2. The highest BCUT2D eigenvalue weighted by Crippen LogP contribution is 2.44. The Morgan fingerprint density at radius 2 is 1.95 bits per heavy atom. The molecule has 2 atom stereocenters. The Bertz CT molecular complexity index is 844. The van der Waals surface area contributed by atoms with Gasteiger partial charge in [-0.2, -0.15) is 0 Å². The third-order valence-corrected chi connectivity index (χ3v) is 3.81. The van der Waals surface area contributed by atoms with E-state index in [4.69, 9.17) is 5.11 Å². The largest absolute Gasteiger partial charge is 0.477 e. The molecule has 1 saturated carbocycles. The predicted octanol–water partition coefficient (Wildman–Crippen LogP) is 2.70. The van der Waals surface area contributed by atoms with Gasteiger partial charge in [-0.1, -0.05) is 6.92 Å². The highest BCUT2D eigenvalue weighted by Gasteiger charge is 2.36. The SMILES string of the molecule is CC1CC1n1cc(C(=O)O)c(=O)c2cc(F)c(F)c(F)c21. The molecule has 1 aliphatic rings. The van der Waals surface area contributed by atoms with Gasteiger partial charge in [-0.25, -0.2) is 18.0 Å². The maximum absolute atomic E-state index is 14.0. The van der Waals surface area contributed by atoms with E-state index in [0.29, 0.717) is 12.5 Å². The van der Waals surface area contributed by atoms with Gasteiger partial charge in [0, 0.05) is 12.2 Å². The molecule has 0 spiro atoms. The van der Waals surface area contributed by atoms with Crippen LogP contribution in [0.25, 0.3) is 10.9 Å². The summed E-state index contributed by atoms with van der Waals surface area (Å²) in [4.78, 5) is 23.1. The minimum atomic E-state index is -1.67. The van der Waals surface area contributed by atoms with Gasteiger partial charge in [0.2, 0.25) is 5.43 Å². The highest BCUT2D eigenvalue weighted by atomic mass is 19.2. The van der Waals surface area contributed by atoms with Crippen LogP contribution in [-0.4, -0.2) is 15.6 Å². The molecule has 1 aromatic carbocycles. The second-order valence-corrected chi connectivity index (χ2v) is 5.25. The molecule has 1 fully saturated rings. The molecule has 3 rings (SSSR count). The zero-order valence-corrected chi connectivity index (χ0v) is 10.9. The number of carbonyl (C=O) groups is 1. The molecule has 2 unspecified atom stereocenters. The summed E-state index contributed by atoms with van der Waals surface area (Å²) in [7, 11) is 0. The second kappa shape index (κ2) is 4.34. The van der Waals surface area contributed by atoms with Gasteiger partial charge in [0.1, 0.15) is 5.56 Å². The van der Waals surface area contributed by atoms with E-state index < -0.39 is 45.3 Å². The smallest absolute Gasteiger partial charge is 0.341 e. The third-order valence-electron chi connectivity index (χ3n) is 3.81. The number of halogens is 3. The van der Waals surface area contributed by atoms with Crippen molar-refractivity contribution in [3.05, 3.63) is 45.5 Å². The first-order chi connectivity index (χ1) is 9.82. The lowest BCUT2D eigenvalue weighted by Crippen LogP contribution is -2.20. The molecule has 110 valence electrons. The summed E-state index contributed by atoms with van der Waals surface area (Å²) in [5.41, 5.74) is -2.01. The fourth-order valence-corrected chi connectivity index (χ4v) is 2.52. The Kier molecular flexibility index (Phi) is 2.82. The molecule has 1 aliphatic carbocycles. The first-order valence-corrected chi connectivity index (χ1v) is 6.28. The normalized spacial score (nSPS) is 20.8. The fourth-order valence-electron chi connectivity index (χ4n) is 2.52. The molecule has 4 nitrogen and oxygen atoms in total. The molecule has 0 saturated heterocycles. The van der Waals surface area contributed by atoms with Crippen LogP contribution < -0.4 is 5.43 Å².